The number of carbonyl (C=O) groups excluding carboxylic acids is 2. The highest BCUT2D eigenvalue weighted by Gasteiger charge is 2.52. The number of nitrogens with one attached hydrogen (secondary N) is 1. The highest BCUT2D eigenvalue weighted by molar-refractivity contribution is 7.87. The van der Waals surface area contributed by atoms with Crippen LogP contribution in [0.4, 0.5) is 25.0 Å². The van der Waals surface area contributed by atoms with Crippen LogP contribution in [0.2, 0.25) is 5.02 Å². The Bertz CT molecular complexity index is 825. The molecule has 0 bridgehead atoms. The Hall–Kier alpha value is -1.98. The van der Waals surface area contributed by atoms with Crippen molar-refractivity contribution in [2.24, 2.45) is 0 Å². The smallest absolute Gasteiger partial charge is 0.309 e. The number of nitrogens with zero attached hydrogens (tertiary/aromatic N) is 2. The van der Waals surface area contributed by atoms with Gasteiger partial charge < -0.3 is 4.90 Å². The highest BCUT2D eigenvalue weighted by atomic mass is 35.5. The van der Waals surface area contributed by atoms with Crippen molar-refractivity contribution in [3.05, 3.63) is 23.0 Å². The van der Waals surface area contributed by atoms with Crippen LogP contribution in [0.25, 0.3) is 0 Å². The van der Waals surface area contributed by atoms with Gasteiger partial charge in [0.25, 0.3) is 5.91 Å². The van der Waals surface area contributed by atoms with E-state index >= 15 is 0 Å². The van der Waals surface area contributed by atoms with Crippen molar-refractivity contribution < 1.29 is 31.3 Å². The van der Waals surface area contributed by atoms with E-state index < -0.39 is 56.7 Å². The van der Waals surface area contributed by atoms with Gasteiger partial charge in [0, 0.05) is 6.42 Å². The molecule has 0 saturated carbocycles. The molecule has 3 amide bonds. The van der Waals surface area contributed by atoms with E-state index in [1.54, 1.807) is 4.72 Å². The average Bonchev–Trinajstić information content (AvgIpc) is 2.92. The second-order valence-electron chi connectivity index (χ2n) is 5.32. The summed E-state index contributed by atoms with van der Waals surface area (Å²) in [6.07, 6.45) is -1.52. The summed E-state index contributed by atoms with van der Waals surface area (Å²) in [5.41, 5.74) is -0.975. The third-order valence-electron chi connectivity index (χ3n) is 3.71. The van der Waals surface area contributed by atoms with E-state index in [1.807, 2.05) is 0 Å². The molecule has 2 N–H and O–H groups in total. The fourth-order valence-electron chi connectivity index (χ4n) is 2.75. The number of hydrogen-bond donors (Lipinski definition) is 2. The third kappa shape index (κ3) is 2.78. The number of amides is 3. The van der Waals surface area contributed by atoms with Gasteiger partial charge in [0.15, 0.2) is 0 Å². The minimum atomic E-state index is -4.71. The van der Waals surface area contributed by atoms with Crippen molar-refractivity contribution in [3.8, 4) is 0 Å². The molecule has 2 atom stereocenters. The largest absolute Gasteiger partial charge is 0.357 e. The van der Waals surface area contributed by atoms with Gasteiger partial charge in [-0.3, -0.25) is 14.1 Å². The second kappa shape index (κ2) is 5.53. The summed E-state index contributed by atoms with van der Waals surface area (Å²) in [6.45, 7) is -0.281. The monoisotopic (exact) mass is 381 g/mol. The minimum Gasteiger partial charge on any atom is -0.309 e. The van der Waals surface area contributed by atoms with Gasteiger partial charge in [-0.1, -0.05) is 11.6 Å². The van der Waals surface area contributed by atoms with E-state index in [0.29, 0.717) is 11.0 Å². The first-order valence-corrected chi connectivity index (χ1v) is 8.43. The van der Waals surface area contributed by atoms with Crippen molar-refractivity contribution in [1.29, 1.82) is 0 Å². The molecule has 0 aromatic heterocycles. The molecule has 0 spiro atoms. The molecule has 2 heterocycles. The quantitative estimate of drug-likeness (QED) is 0.610. The number of benzene rings is 1. The first kappa shape index (κ1) is 16.9. The van der Waals surface area contributed by atoms with Gasteiger partial charge in [-0.2, -0.15) is 8.42 Å². The third-order valence-corrected chi connectivity index (χ3v) is 4.50. The van der Waals surface area contributed by atoms with Gasteiger partial charge in [-0.15, -0.1) is 0 Å². The number of hydrogen-bond acceptors (Lipinski definition) is 4. The predicted molar refractivity (Wildman–Crippen MR) is 79.5 cm³/mol. The Labute approximate surface area is 139 Å². The molecule has 0 radical (unpaired) electrons. The number of anilines is 2. The first-order valence-electron chi connectivity index (χ1n) is 6.61. The standard InChI is InChI=1S/C12H10ClF2N3O5S/c13-6-2-7(15)9(3-8(6)16-24(21,22)23)18-11(19)10-1-5(14)4-17(10)12(18)20/h2-3,5,10,16H,1,4H2,(H,21,22,23)/t5-,10+/m0/s1. The summed E-state index contributed by atoms with van der Waals surface area (Å²) in [7, 11) is -4.71. The Balaban J connectivity index is 2.02. The number of alkyl halides is 1. The molecule has 130 valence electrons. The maximum Gasteiger partial charge on any atom is 0.357 e. The van der Waals surface area contributed by atoms with Crippen molar-refractivity contribution in [2.45, 2.75) is 18.6 Å². The normalized spacial score (nSPS) is 23.8. The Kier molecular flexibility index (Phi) is 3.89. The zero-order chi connectivity index (χ0) is 17.8. The maximum absolute atomic E-state index is 14.2. The van der Waals surface area contributed by atoms with E-state index in [2.05, 4.69) is 0 Å². The summed E-state index contributed by atoms with van der Waals surface area (Å²) in [4.78, 5) is 26.0. The molecule has 8 nitrogen and oxygen atoms in total. The fourth-order valence-corrected chi connectivity index (χ4v) is 3.45. The van der Waals surface area contributed by atoms with E-state index in [0.717, 1.165) is 11.0 Å². The Morgan fingerprint density at radius 1 is 1.33 bits per heavy atom. The Morgan fingerprint density at radius 2 is 2.00 bits per heavy atom. The average molecular weight is 382 g/mol. The van der Waals surface area contributed by atoms with E-state index in [4.69, 9.17) is 16.2 Å². The minimum absolute atomic E-state index is 0.188. The molecule has 2 fully saturated rings. The van der Waals surface area contributed by atoms with Crippen molar-refractivity contribution >= 4 is 45.2 Å². The van der Waals surface area contributed by atoms with Crippen LogP contribution in [0.5, 0.6) is 0 Å². The molecule has 2 aliphatic rings. The lowest BCUT2D eigenvalue weighted by atomic mass is 10.2. The molecular weight excluding hydrogens is 372 g/mol. The van der Waals surface area contributed by atoms with Crippen molar-refractivity contribution in [1.82, 2.24) is 4.90 Å². The summed E-state index contributed by atoms with van der Waals surface area (Å²) >= 11 is 5.68. The summed E-state index contributed by atoms with van der Waals surface area (Å²) < 4.78 is 59.7. The van der Waals surface area contributed by atoms with Gasteiger partial charge in [0.05, 0.1) is 22.9 Å². The van der Waals surface area contributed by atoms with Gasteiger partial charge >= 0.3 is 16.3 Å². The van der Waals surface area contributed by atoms with E-state index in [-0.39, 0.29) is 13.0 Å². The highest BCUT2D eigenvalue weighted by Crippen LogP contribution is 2.37. The van der Waals surface area contributed by atoms with E-state index in [1.165, 1.54) is 0 Å². The summed E-state index contributed by atoms with van der Waals surface area (Å²) in [6, 6.07) is -0.451. The number of carbonyl (C=O) groups is 2. The molecular formula is C12H10ClF2N3O5S. The summed E-state index contributed by atoms with van der Waals surface area (Å²) in [5, 5.41) is -0.391. The van der Waals surface area contributed by atoms with Crippen LogP contribution < -0.4 is 9.62 Å². The first-order chi connectivity index (χ1) is 11.1. The lowest BCUT2D eigenvalue weighted by Crippen LogP contribution is -2.35. The topological polar surface area (TPSA) is 107 Å². The number of imide groups is 1. The van der Waals surface area contributed by atoms with Crippen LogP contribution in [-0.4, -0.2) is 48.6 Å². The zero-order valence-corrected chi connectivity index (χ0v) is 13.3. The molecule has 2 saturated heterocycles. The van der Waals surface area contributed by atoms with Crippen molar-refractivity contribution in [2.75, 3.05) is 16.2 Å². The van der Waals surface area contributed by atoms with E-state index in [9.17, 15) is 26.8 Å². The SMILES string of the molecule is O=C1[C@H]2C[C@H](F)CN2C(=O)N1c1cc(NS(=O)(=O)O)c(Cl)cc1F. The lowest BCUT2D eigenvalue weighted by Gasteiger charge is -2.18. The molecule has 0 unspecified atom stereocenters. The van der Waals surface area contributed by atoms with Gasteiger partial charge in [0.1, 0.15) is 18.0 Å². The van der Waals surface area contributed by atoms with Crippen molar-refractivity contribution in [3.63, 3.8) is 0 Å². The van der Waals surface area contributed by atoms with Crippen LogP contribution in [0.15, 0.2) is 12.1 Å². The van der Waals surface area contributed by atoms with Crippen LogP contribution >= 0.6 is 11.6 Å². The van der Waals surface area contributed by atoms with Gasteiger partial charge in [0.2, 0.25) is 0 Å². The number of halogens is 3. The zero-order valence-electron chi connectivity index (χ0n) is 11.7. The Morgan fingerprint density at radius 3 is 2.58 bits per heavy atom. The van der Waals surface area contributed by atoms with Crippen LogP contribution in [0, 0.1) is 5.82 Å². The number of urea groups is 1. The molecule has 24 heavy (non-hydrogen) atoms. The molecule has 1 aromatic carbocycles. The van der Waals surface area contributed by atoms with Crippen LogP contribution in [-0.2, 0) is 15.1 Å². The molecule has 2 aliphatic heterocycles. The number of fused-ring (bicyclic) bond motifs is 1. The second-order valence-corrected chi connectivity index (χ2v) is 6.88. The molecule has 0 aliphatic carbocycles. The summed E-state index contributed by atoms with van der Waals surface area (Å²) in [5.74, 6) is -1.88. The fraction of sp³-hybridized carbons (Fsp3) is 0.333. The lowest BCUT2D eigenvalue weighted by molar-refractivity contribution is -0.119. The van der Waals surface area contributed by atoms with Gasteiger partial charge in [-0.05, 0) is 12.1 Å². The van der Waals surface area contributed by atoms with Gasteiger partial charge in [-0.25, -0.2) is 18.5 Å². The van der Waals surface area contributed by atoms with Crippen LogP contribution in [0.1, 0.15) is 6.42 Å². The maximum atomic E-state index is 14.2. The molecule has 1 aromatic rings. The number of rotatable bonds is 3. The molecule has 12 heteroatoms. The molecule has 3 rings (SSSR count). The van der Waals surface area contributed by atoms with Crippen LogP contribution in [0.3, 0.4) is 0 Å². The predicted octanol–water partition coefficient (Wildman–Crippen LogP) is 1.57.